The number of oxazole rings is 1. The lowest BCUT2D eigenvalue weighted by Crippen LogP contribution is -2.29. The maximum absolute atomic E-state index is 12.2. The Kier molecular flexibility index (Phi) is 4.89. The second kappa shape index (κ2) is 6.95. The standard InChI is InChI=1S/C15H16ClN5O3S/c1-9-19-14(13-15(20-9)24-10(2)21-13)17-7-8-18-25(22,23)12-5-3-11(16)4-6-12/h3-6,18H,7-8H2,1-2H3,(H,17,19,20). The van der Waals surface area contributed by atoms with E-state index in [0.29, 0.717) is 40.3 Å². The van der Waals surface area contributed by atoms with Crippen molar-refractivity contribution >= 4 is 38.7 Å². The number of nitrogens with one attached hydrogen (secondary N) is 2. The van der Waals surface area contributed by atoms with Crippen LogP contribution in [0.25, 0.3) is 11.2 Å². The summed E-state index contributed by atoms with van der Waals surface area (Å²) in [4.78, 5) is 12.8. The fraction of sp³-hybridized carbons (Fsp3) is 0.267. The summed E-state index contributed by atoms with van der Waals surface area (Å²) >= 11 is 5.77. The number of anilines is 1. The number of benzene rings is 1. The Morgan fingerprint density at radius 2 is 1.80 bits per heavy atom. The van der Waals surface area contributed by atoms with Crippen LogP contribution in [0, 0.1) is 13.8 Å². The van der Waals surface area contributed by atoms with Crippen LogP contribution in [-0.4, -0.2) is 36.5 Å². The summed E-state index contributed by atoms with van der Waals surface area (Å²) in [6.45, 7) is 3.96. The summed E-state index contributed by atoms with van der Waals surface area (Å²) < 4.78 is 32.3. The zero-order chi connectivity index (χ0) is 18.0. The van der Waals surface area contributed by atoms with Gasteiger partial charge in [0.2, 0.25) is 10.0 Å². The van der Waals surface area contributed by atoms with Crippen molar-refractivity contribution in [1.29, 1.82) is 0 Å². The van der Waals surface area contributed by atoms with E-state index in [1.165, 1.54) is 24.3 Å². The smallest absolute Gasteiger partial charge is 0.252 e. The zero-order valence-corrected chi connectivity index (χ0v) is 15.1. The Balaban J connectivity index is 1.64. The monoisotopic (exact) mass is 381 g/mol. The highest BCUT2D eigenvalue weighted by molar-refractivity contribution is 7.89. The van der Waals surface area contributed by atoms with Crippen molar-refractivity contribution in [3.05, 3.63) is 41.0 Å². The molecule has 0 radical (unpaired) electrons. The molecule has 1 aromatic carbocycles. The van der Waals surface area contributed by atoms with Crippen molar-refractivity contribution < 1.29 is 12.8 Å². The van der Waals surface area contributed by atoms with Crippen molar-refractivity contribution in [3.63, 3.8) is 0 Å². The van der Waals surface area contributed by atoms with Gasteiger partial charge in [-0.2, -0.15) is 4.98 Å². The van der Waals surface area contributed by atoms with E-state index < -0.39 is 10.0 Å². The highest BCUT2D eigenvalue weighted by Crippen LogP contribution is 2.20. The second-order valence-electron chi connectivity index (χ2n) is 5.28. The van der Waals surface area contributed by atoms with Gasteiger partial charge in [0.1, 0.15) is 5.82 Å². The van der Waals surface area contributed by atoms with Crippen LogP contribution in [0.5, 0.6) is 0 Å². The molecule has 3 aromatic rings. The van der Waals surface area contributed by atoms with Crippen molar-refractivity contribution in [1.82, 2.24) is 19.7 Å². The minimum atomic E-state index is -3.59. The minimum absolute atomic E-state index is 0.157. The third kappa shape index (κ3) is 4.06. The van der Waals surface area contributed by atoms with Gasteiger partial charge in [-0.05, 0) is 31.2 Å². The molecule has 0 bridgehead atoms. The number of aromatic nitrogens is 3. The number of sulfonamides is 1. The molecule has 0 unspecified atom stereocenters. The van der Waals surface area contributed by atoms with Gasteiger partial charge < -0.3 is 9.73 Å². The topological polar surface area (TPSA) is 110 Å². The van der Waals surface area contributed by atoms with Crippen LogP contribution < -0.4 is 10.0 Å². The van der Waals surface area contributed by atoms with E-state index in [4.69, 9.17) is 16.0 Å². The lowest BCUT2D eigenvalue weighted by molar-refractivity contribution is 0.550. The summed E-state index contributed by atoms with van der Waals surface area (Å²) in [6.07, 6.45) is 0. The number of hydrogen-bond acceptors (Lipinski definition) is 7. The number of rotatable bonds is 6. The van der Waals surface area contributed by atoms with Gasteiger partial charge in [0.05, 0.1) is 4.90 Å². The van der Waals surface area contributed by atoms with Gasteiger partial charge in [0, 0.05) is 25.0 Å². The Bertz CT molecular complexity index is 1000. The van der Waals surface area contributed by atoms with E-state index >= 15 is 0 Å². The molecule has 2 aromatic heterocycles. The molecule has 0 atom stereocenters. The average molecular weight is 382 g/mol. The predicted octanol–water partition coefficient (Wildman–Crippen LogP) is 2.28. The average Bonchev–Trinajstić information content (AvgIpc) is 2.92. The third-order valence-corrected chi connectivity index (χ3v) is 5.04. The summed E-state index contributed by atoms with van der Waals surface area (Å²) in [5.41, 5.74) is 0.915. The van der Waals surface area contributed by atoms with E-state index in [1.54, 1.807) is 13.8 Å². The van der Waals surface area contributed by atoms with E-state index in [9.17, 15) is 8.42 Å². The molecule has 0 saturated carbocycles. The largest absolute Gasteiger partial charge is 0.422 e. The third-order valence-electron chi connectivity index (χ3n) is 3.31. The van der Waals surface area contributed by atoms with Crippen LogP contribution in [0.15, 0.2) is 33.6 Å². The van der Waals surface area contributed by atoms with Crippen molar-refractivity contribution in [3.8, 4) is 0 Å². The van der Waals surface area contributed by atoms with Crippen LogP contribution >= 0.6 is 11.6 Å². The number of fused-ring (bicyclic) bond motifs is 1. The molecular formula is C15H16ClN5O3S. The lowest BCUT2D eigenvalue weighted by Gasteiger charge is -2.09. The second-order valence-corrected chi connectivity index (χ2v) is 7.49. The highest BCUT2D eigenvalue weighted by atomic mass is 35.5. The maximum Gasteiger partial charge on any atom is 0.252 e. The van der Waals surface area contributed by atoms with Crippen LogP contribution in [0.1, 0.15) is 11.7 Å². The number of hydrogen-bond donors (Lipinski definition) is 2. The Hall–Kier alpha value is -2.23. The van der Waals surface area contributed by atoms with E-state index in [0.717, 1.165) is 0 Å². The van der Waals surface area contributed by atoms with Gasteiger partial charge in [0.25, 0.3) is 5.71 Å². The molecule has 3 rings (SSSR count). The molecule has 10 heteroatoms. The first-order valence-corrected chi connectivity index (χ1v) is 9.32. The summed E-state index contributed by atoms with van der Waals surface area (Å²) in [7, 11) is -3.59. The minimum Gasteiger partial charge on any atom is -0.422 e. The summed E-state index contributed by atoms with van der Waals surface area (Å²) in [5, 5.41) is 3.53. The fourth-order valence-corrected chi connectivity index (χ4v) is 3.38. The number of aryl methyl sites for hydroxylation is 2. The first kappa shape index (κ1) is 17.6. The van der Waals surface area contributed by atoms with E-state index in [2.05, 4.69) is 25.0 Å². The Labute approximate surface area is 149 Å². The molecule has 2 N–H and O–H groups in total. The zero-order valence-electron chi connectivity index (χ0n) is 13.6. The molecule has 8 nitrogen and oxygen atoms in total. The normalized spacial score (nSPS) is 11.8. The van der Waals surface area contributed by atoms with E-state index in [-0.39, 0.29) is 11.4 Å². The molecule has 0 saturated heterocycles. The fourth-order valence-electron chi connectivity index (χ4n) is 2.22. The number of nitrogens with zero attached hydrogens (tertiary/aromatic N) is 3. The Morgan fingerprint density at radius 3 is 2.52 bits per heavy atom. The number of halogens is 1. The molecule has 0 aliphatic rings. The first-order valence-electron chi connectivity index (χ1n) is 7.46. The Morgan fingerprint density at radius 1 is 1.08 bits per heavy atom. The van der Waals surface area contributed by atoms with Crippen LogP contribution in [0.4, 0.5) is 5.82 Å². The molecule has 0 aliphatic carbocycles. The quantitative estimate of drug-likeness (QED) is 0.630. The molecule has 0 aliphatic heterocycles. The maximum atomic E-state index is 12.2. The van der Waals surface area contributed by atoms with Crippen molar-refractivity contribution in [2.24, 2.45) is 0 Å². The van der Waals surface area contributed by atoms with Crippen LogP contribution in [-0.2, 0) is 10.0 Å². The SMILES string of the molecule is Cc1nc(NCCNS(=O)(=O)c2ccc(Cl)cc2)c2nc(C)oc2n1. The van der Waals surface area contributed by atoms with Gasteiger partial charge in [0.15, 0.2) is 17.2 Å². The molecule has 25 heavy (non-hydrogen) atoms. The molecule has 0 amide bonds. The molecule has 2 heterocycles. The van der Waals surface area contributed by atoms with Crippen LogP contribution in [0.2, 0.25) is 5.02 Å². The molecule has 0 fully saturated rings. The molecule has 0 spiro atoms. The first-order chi connectivity index (χ1) is 11.8. The van der Waals surface area contributed by atoms with Crippen molar-refractivity contribution in [2.75, 3.05) is 18.4 Å². The highest BCUT2D eigenvalue weighted by Gasteiger charge is 2.14. The van der Waals surface area contributed by atoms with Gasteiger partial charge in [-0.25, -0.2) is 23.1 Å². The van der Waals surface area contributed by atoms with Gasteiger partial charge in [-0.1, -0.05) is 11.6 Å². The lowest BCUT2D eigenvalue weighted by atomic mass is 10.4. The summed E-state index contributed by atoms with van der Waals surface area (Å²) in [6, 6.07) is 5.96. The van der Waals surface area contributed by atoms with Gasteiger partial charge in [-0.3, -0.25) is 0 Å². The van der Waals surface area contributed by atoms with Gasteiger partial charge in [-0.15, -0.1) is 0 Å². The van der Waals surface area contributed by atoms with Crippen molar-refractivity contribution in [2.45, 2.75) is 18.7 Å². The summed E-state index contributed by atoms with van der Waals surface area (Å²) in [5.74, 6) is 1.53. The van der Waals surface area contributed by atoms with Gasteiger partial charge >= 0.3 is 0 Å². The molecular weight excluding hydrogens is 366 g/mol. The van der Waals surface area contributed by atoms with E-state index in [1.807, 2.05) is 0 Å². The molecule has 132 valence electrons. The van der Waals surface area contributed by atoms with Crippen LogP contribution in [0.3, 0.4) is 0 Å². The predicted molar refractivity (Wildman–Crippen MR) is 94.2 cm³/mol.